The number of hydrogen-bond donors (Lipinski definition) is 0. The Hall–Kier alpha value is -2.19. The molecule has 1 heterocycles. The van der Waals surface area contributed by atoms with Gasteiger partial charge >= 0.3 is 343 Å². The van der Waals surface area contributed by atoms with Crippen LogP contribution in [0.3, 0.4) is 0 Å². The number of rotatable bonds is 6. The number of halogens is 2. The predicted octanol–water partition coefficient (Wildman–Crippen LogP) is 10.1. The summed E-state index contributed by atoms with van der Waals surface area (Å²) in [5.41, 5.74) is 21.5. The molecule has 1 fully saturated rings. The first kappa shape index (κ1) is 45.9. The minimum Gasteiger partial charge on any atom is -1.00 e. The van der Waals surface area contributed by atoms with Crippen LogP contribution in [0.15, 0.2) is 83.9 Å². The van der Waals surface area contributed by atoms with Crippen molar-refractivity contribution in [3.63, 3.8) is 0 Å². The van der Waals surface area contributed by atoms with E-state index in [0.29, 0.717) is 19.2 Å². The topological polar surface area (TPSA) is 0 Å². The molecule has 1 aliphatic heterocycles. The average molecular weight is 969 g/mol. The minimum atomic E-state index is -3.13. The zero-order chi connectivity index (χ0) is 40.2. The molecular weight excluding hydrogens is 898 g/mol. The van der Waals surface area contributed by atoms with Gasteiger partial charge in [-0.2, -0.15) is 0 Å². The Morgan fingerprint density at radius 1 is 0.456 bits per heavy atom. The van der Waals surface area contributed by atoms with Crippen LogP contribution in [0.2, 0.25) is 8.35 Å². The fourth-order valence-electron chi connectivity index (χ4n) is 9.82. The van der Waals surface area contributed by atoms with E-state index in [1.165, 1.54) is 64.0 Å². The van der Waals surface area contributed by atoms with Crippen molar-refractivity contribution in [1.29, 1.82) is 0 Å². The summed E-state index contributed by atoms with van der Waals surface area (Å²) >= 11 is -3.13. The average Bonchev–Trinajstić information content (AvgIpc) is 3.59. The second kappa shape index (κ2) is 15.7. The van der Waals surface area contributed by atoms with Crippen LogP contribution >= 0.6 is 0 Å². The molecule has 2 aliphatic carbocycles. The molecule has 0 nitrogen and oxygen atoms in total. The van der Waals surface area contributed by atoms with E-state index in [2.05, 4.69) is 196 Å². The van der Waals surface area contributed by atoms with Crippen LogP contribution in [-0.4, -0.2) is 0 Å². The maximum Gasteiger partial charge on any atom is -1.00 e. The maximum atomic E-state index is 2.69. The summed E-state index contributed by atoms with van der Waals surface area (Å²) in [4.78, 5) is 0. The maximum absolute atomic E-state index is 3.13. The van der Waals surface area contributed by atoms with Gasteiger partial charge in [0.05, 0.1) is 0 Å². The van der Waals surface area contributed by atoms with Crippen LogP contribution in [0, 0.1) is 11.8 Å². The summed E-state index contributed by atoms with van der Waals surface area (Å²) in [6, 6.07) is 29.7. The summed E-state index contributed by atoms with van der Waals surface area (Å²) in [5, 5.41) is 0. The fourth-order valence-corrected chi connectivity index (χ4v) is 38.7. The van der Waals surface area contributed by atoms with Crippen molar-refractivity contribution < 1.29 is 44.8 Å². The van der Waals surface area contributed by atoms with Crippen molar-refractivity contribution in [2.45, 2.75) is 148 Å². The molecule has 7 rings (SSSR count). The van der Waals surface area contributed by atoms with Gasteiger partial charge in [0, 0.05) is 0 Å². The molecule has 2 atom stereocenters. The molecule has 1 saturated heterocycles. The van der Waals surface area contributed by atoms with Crippen molar-refractivity contribution in [2.75, 3.05) is 0 Å². The number of hydrogen-bond acceptors (Lipinski definition) is 0. The molecule has 3 heteroatoms. The van der Waals surface area contributed by atoms with E-state index in [-0.39, 0.29) is 46.5 Å². The van der Waals surface area contributed by atoms with Crippen molar-refractivity contribution in [2.24, 2.45) is 11.8 Å². The van der Waals surface area contributed by atoms with Crippen molar-refractivity contribution in [1.82, 2.24) is 0 Å². The van der Waals surface area contributed by atoms with Crippen LogP contribution in [0.5, 0.6) is 0 Å². The third kappa shape index (κ3) is 8.44. The van der Waals surface area contributed by atoms with E-state index in [4.69, 9.17) is 0 Å². The molecule has 57 heavy (non-hydrogen) atoms. The molecular formula is C54H70Cl2Hf. The quantitative estimate of drug-likeness (QED) is 0.169. The molecule has 0 saturated carbocycles. The monoisotopic (exact) mass is 968 g/mol. The summed E-state index contributed by atoms with van der Waals surface area (Å²) in [7, 11) is 0. The van der Waals surface area contributed by atoms with E-state index in [1.54, 1.807) is 22.3 Å². The normalized spacial score (nSPS) is 18.2. The Morgan fingerprint density at radius 2 is 0.754 bits per heavy atom. The molecule has 304 valence electrons. The number of allylic oxidation sites excluding steroid dienone is 2. The fraction of sp³-hybridized carbons (Fsp3) is 0.481. The van der Waals surface area contributed by atoms with Crippen LogP contribution in [0.1, 0.15) is 163 Å². The van der Waals surface area contributed by atoms with Gasteiger partial charge in [-0.15, -0.1) is 0 Å². The van der Waals surface area contributed by atoms with E-state index in [0.717, 1.165) is 0 Å². The van der Waals surface area contributed by atoms with Gasteiger partial charge in [-0.25, -0.2) is 0 Å². The van der Waals surface area contributed by atoms with E-state index in [1.807, 2.05) is 0 Å². The standard InChI is InChI=1S/2C26H33.C2H4.2ClH.Hf/c2*1-17(2)19-12-18-10-9-11-23(24(18)15-19)20-13-21(25(3,4)5)16-22(14-20)26(6,7)8;1-2;;;/h2*9-17H,1-8H3;1-2H2;2*1H;/q;;;;;+2/p-2. The molecule has 0 bridgehead atoms. The third-order valence-electron chi connectivity index (χ3n) is 13.5. The summed E-state index contributed by atoms with van der Waals surface area (Å²) in [5.74, 6) is 1.06. The van der Waals surface area contributed by atoms with Crippen molar-refractivity contribution >= 4 is 12.2 Å². The largest absolute Gasteiger partial charge is 1.00 e. The first-order valence-corrected chi connectivity index (χ1v) is 30.7. The summed E-state index contributed by atoms with van der Waals surface area (Å²) in [6.45, 7) is 38.3. The van der Waals surface area contributed by atoms with Gasteiger partial charge in [-0.3, -0.25) is 0 Å². The smallest absolute Gasteiger partial charge is 1.00 e. The Bertz CT molecular complexity index is 1990. The van der Waals surface area contributed by atoms with Gasteiger partial charge in [0.25, 0.3) is 0 Å². The minimum absolute atomic E-state index is 0. The van der Waals surface area contributed by atoms with E-state index >= 15 is 0 Å². The summed E-state index contributed by atoms with van der Waals surface area (Å²) in [6.07, 6.45) is 5.38. The zero-order valence-electron chi connectivity index (χ0n) is 38.1. The number of fused-ring (bicyclic) bond motifs is 2. The van der Waals surface area contributed by atoms with Gasteiger partial charge in [-0.05, 0) is 0 Å². The molecule has 3 aliphatic rings. The van der Waals surface area contributed by atoms with Gasteiger partial charge in [0.15, 0.2) is 0 Å². The molecule has 4 aromatic carbocycles. The molecule has 0 spiro atoms. The Balaban J connectivity index is 0.00000310. The third-order valence-corrected chi connectivity index (χ3v) is 32.3. The molecule has 0 aromatic heterocycles. The van der Waals surface area contributed by atoms with E-state index < -0.39 is 20.0 Å². The SMILES string of the molecule is CC(C)C1=Cc2c(-c3cc(C(C)(C)C)cc(C(C)(C)C)c3)cccc2[CH]1[Hf+2]1([CH]2C(C(C)C)=Cc3c(-c4cc(C(C)(C)C)cc(C(C)(C)C)c4)cccc32)[CH2][CH2]1.[Cl-].[Cl-]. The number of benzene rings is 4. The van der Waals surface area contributed by atoms with Crippen LogP contribution in [-0.2, 0) is 41.6 Å². The molecule has 2 unspecified atom stereocenters. The van der Waals surface area contributed by atoms with Crippen molar-refractivity contribution in [3.05, 3.63) is 128 Å². The van der Waals surface area contributed by atoms with Crippen molar-refractivity contribution in [3.8, 4) is 22.3 Å². The Kier molecular flexibility index (Phi) is 12.6. The first-order chi connectivity index (χ1) is 25.4. The Morgan fingerprint density at radius 3 is 1.00 bits per heavy atom. The predicted molar refractivity (Wildman–Crippen MR) is 239 cm³/mol. The Labute approximate surface area is 365 Å². The molecule has 0 N–H and O–H groups in total. The first-order valence-electron chi connectivity index (χ1n) is 21.4. The van der Waals surface area contributed by atoms with Gasteiger partial charge in [-0.1, -0.05) is 0 Å². The zero-order valence-corrected chi connectivity index (χ0v) is 43.2. The molecule has 0 radical (unpaired) electrons. The van der Waals surface area contributed by atoms with Gasteiger partial charge in [0.2, 0.25) is 0 Å². The summed E-state index contributed by atoms with van der Waals surface area (Å²) < 4.78 is 4.25. The molecule has 0 amide bonds. The van der Waals surface area contributed by atoms with Crippen LogP contribution in [0.4, 0.5) is 0 Å². The second-order valence-corrected chi connectivity index (χ2v) is 39.0. The van der Waals surface area contributed by atoms with Crippen LogP contribution < -0.4 is 24.8 Å². The second-order valence-electron chi connectivity index (χ2n) is 22.4. The van der Waals surface area contributed by atoms with Gasteiger partial charge < -0.3 is 24.8 Å². The molecule has 4 aromatic rings. The van der Waals surface area contributed by atoms with E-state index in [9.17, 15) is 0 Å². The van der Waals surface area contributed by atoms with Crippen LogP contribution in [0.25, 0.3) is 34.4 Å². The van der Waals surface area contributed by atoms with Gasteiger partial charge in [0.1, 0.15) is 0 Å².